The second kappa shape index (κ2) is 10.7. The maximum absolute atomic E-state index is 13.4. The van der Waals surface area contributed by atoms with Gasteiger partial charge in [0.15, 0.2) is 0 Å². The third kappa shape index (κ3) is 5.14. The molecule has 0 spiro atoms. The van der Waals surface area contributed by atoms with Gasteiger partial charge in [-0.05, 0) is 72.4 Å². The molecule has 0 saturated carbocycles. The summed E-state index contributed by atoms with van der Waals surface area (Å²) in [6.45, 7) is 7.00. The Hall–Kier alpha value is -4.13. The van der Waals surface area contributed by atoms with Crippen LogP contribution < -0.4 is 9.47 Å². The molecule has 1 N–H and O–H groups in total. The first-order valence-electron chi connectivity index (χ1n) is 13.0. The van der Waals surface area contributed by atoms with E-state index in [0.717, 1.165) is 23.3 Å². The quantitative estimate of drug-likeness (QED) is 0.245. The van der Waals surface area contributed by atoms with Crippen molar-refractivity contribution < 1.29 is 24.2 Å². The molecule has 1 fully saturated rings. The van der Waals surface area contributed by atoms with E-state index < -0.39 is 17.7 Å². The van der Waals surface area contributed by atoms with Crippen molar-refractivity contribution in [2.75, 3.05) is 6.61 Å². The van der Waals surface area contributed by atoms with Crippen LogP contribution in [0.15, 0.2) is 72.6 Å². The molecule has 5 rings (SSSR count). The van der Waals surface area contributed by atoms with E-state index in [-0.39, 0.29) is 24.0 Å². The van der Waals surface area contributed by atoms with Gasteiger partial charge in [0.25, 0.3) is 11.7 Å². The highest BCUT2D eigenvalue weighted by Gasteiger charge is 2.46. The molecule has 38 heavy (non-hydrogen) atoms. The van der Waals surface area contributed by atoms with Gasteiger partial charge in [0.05, 0.1) is 18.2 Å². The normalized spacial score (nSPS) is 20.1. The van der Waals surface area contributed by atoms with Crippen molar-refractivity contribution in [1.82, 2.24) is 9.88 Å². The average molecular weight is 513 g/mol. The van der Waals surface area contributed by atoms with E-state index in [9.17, 15) is 14.7 Å². The number of Topliss-reactive ketones (excluding diaryl/α,β-unsaturated/α-hetero) is 1. The van der Waals surface area contributed by atoms with Crippen LogP contribution in [-0.2, 0) is 22.6 Å². The van der Waals surface area contributed by atoms with Gasteiger partial charge in [0.2, 0.25) is 0 Å². The number of aromatic nitrogens is 1. The maximum Gasteiger partial charge on any atom is 0.295 e. The number of aliphatic hydroxyl groups is 1. The highest BCUT2D eigenvalue weighted by Crippen LogP contribution is 2.42. The average Bonchev–Trinajstić information content (AvgIpc) is 3.40. The minimum Gasteiger partial charge on any atom is -0.507 e. The molecule has 2 atom stereocenters. The number of benzene rings is 2. The number of likely N-dealkylation sites (tertiary alicyclic amines) is 1. The number of amides is 1. The van der Waals surface area contributed by atoms with E-state index in [0.29, 0.717) is 35.8 Å². The number of hydrogen-bond donors (Lipinski definition) is 1. The Morgan fingerprint density at radius 3 is 2.76 bits per heavy atom. The third-order valence-corrected chi connectivity index (χ3v) is 6.92. The van der Waals surface area contributed by atoms with Crippen LogP contribution in [0.5, 0.6) is 11.5 Å². The van der Waals surface area contributed by atoms with E-state index in [2.05, 4.69) is 18.8 Å². The van der Waals surface area contributed by atoms with Crippen LogP contribution in [-0.4, -0.2) is 39.4 Å². The van der Waals surface area contributed by atoms with Crippen LogP contribution in [0.1, 0.15) is 55.5 Å². The van der Waals surface area contributed by atoms with E-state index in [1.54, 1.807) is 30.6 Å². The van der Waals surface area contributed by atoms with Crippen molar-refractivity contribution in [2.45, 2.75) is 52.3 Å². The van der Waals surface area contributed by atoms with Crippen LogP contribution >= 0.6 is 0 Å². The number of fused-ring (bicyclic) bond motifs is 1. The van der Waals surface area contributed by atoms with Gasteiger partial charge in [-0.1, -0.05) is 32.0 Å². The fourth-order valence-electron chi connectivity index (χ4n) is 4.99. The number of ether oxygens (including phenoxy) is 2. The summed E-state index contributed by atoms with van der Waals surface area (Å²) in [6, 6.07) is 15.6. The topological polar surface area (TPSA) is 89.0 Å². The summed E-state index contributed by atoms with van der Waals surface area (Å²) in [5.41, 5.74) is 2.98. The molecule has 1 saturated heterocycles. The summed E-state index contributed by atoms with van der Waals surface area (Å²) in [7, 11) is 0. The van der Waals surface area contributed by atoms with Gasteiger partial charge in [-0.3, -0.25) is 14.6 Å². The molecule has 2 aromatic carbocycles. The Balaban J connectivity index is 1.57. The number of aliphatic hydroxyl groups excluding tert-OH is 1. The van der Waals surface area contributed by atoms with Crippen LogP contribution in [0.2, 0.25) is 0 Å². The summed E-state index contributed by atoms with van der Waals surface area (Å²) < 4.78 is 11.8. The first kappa shape index (κ1) is 25.5. The molecular weight excluding hydrogens is 480 g/mol. The third-order valence-electron chi connectivity index (χ3n) is 6.92. The molecule has 0 radical (unpaired) electrons. The fourth-order valence-corrected chi connectivity index (χ4v) is 4.99. The molecule has 2 aliphatic heterocycles. The van der Waals surface area contributed by atoms with Gasteiger partial charge in [0.1, 0.15) is 23.4 Å². The highest BCUT2D eigenvalue weighted by molar-refractivity contribution is 6.46. The molecule has 196 valence electrons. The summed E-state index contributed by atoms with van der Waals surface area (Å²) in [4.78, 5) is 32.5. The number of carbonyl (C=O) groups is 2. The highest BCUT2D eigenvalue weighted by atomic mass is 16.5. The SMILES string of the molecule is CC(C)CCOc1cccc([C@H]2/C(=C(\O)c3ccc4c(c3)C[C@H](C)O4)C(=O)C(=O)N2Cc2cccnc2)c1. The smallest absolute Gasteiger partial charge is 0.295 e. The molecule has 0 aliphatic carbocycles. The number of rotatable bonds is 8. The molecule has 2 aliphatic rings. The molecule has 1 aromatic heterocycles. The summed E-state index contributed by atoms with van der Waals surface area (Å²) in [6.07, 6.45) is 5.00. The number of carbonyl (C=O) groups excluding carboxylic acids is 2. The minimum absolute atomic E-state index is 0.0471. The summed E-state index contributed by atoms with van der Waals surface area (Å²) in [5, 5.41) is 11.5. The number of hydrogen-bond acceptors (Lipinski definition) is 6. The Kier molecular flexibility index (Phi) is 7.18. The van der Waals surface area contributed by atoms with Crippen molar-refractivity contribution in [1.29, 1.82) is 0 Å². The minimum atomic E-state index is -0.785. The lowest BCUT2D eigenvalue weighted by Crippen LogP contribution is -2.29. The summed E-state index contributed by atoms with van der Waals surface area (Å²) in [5.74, 6) is 0.353. The molecule has 7 heteroatoms. The zero-order chi connectivity index (χ0) is 26.8. The van der Waals surface area contributed by atoms with Crippen molar-refractivity contribution in [3.63, 3.8) is 0 Å². The number of nitrogens with zero attached hydrogens (tertiary/aromatic N) is 2. The fraction of sp³-hybridized carbons (Fsp3) is 0.323. The van der Waals surface area contributed by atoms with Gasteiger partial charge < -0.3 is 19.5 Å². The van der Waals surface area contributed by atoms with Gasteiger partial charge >= 0.3 is 0 Å². The molecule has 3 heterocycles. The monoisotopic (exact) mass is 512 g/mol. The second-order valence-corrected chi connectivity index (χ2v) is 10.3. The Morgan fingerprint density at radius 2 is 2.00 bits per heavy atom. The van der Waals surface area contributed by atoms with Crippen molar-refractivity contribution in [3.05, 3.63) is 94.8 Å². The van der Waals surface area contributed by atoms with Crippen LogP contribution in [0.4, 0.5) is 0 Å². The molecule has 7 nitrogen and oxygen atoms in total. The Labute approximate surface area is 222 Å². The standard InChI is InChI=1S/C31H32N2O5/c1-19(2)11-13-37-25-8-4-7-22(16-25)28-27(29(34)23-9-10-26-24(15-23)14-20(3)38-26)30(35)31(36)33(28)18-21-6-5-12-32-17-21/h4-10,12,15-17,19-20,28,34H,11,13-14,18H2,1-3H3/b29-27+/t20-,28-/m0/s1. The van der Waals surface area contributed by atoms with Crippen molar-refractivity contribution in [3.8, 4) is 11.5 Å². The zero-order valence-electron chi connectivity index (χ0n) is 21.9. The Bertz CT molecular complexity index is 1380. The van der Waals surface area contributed by atoms with Crippen molar-refractivity contribution in [2.24, 2.45) is 5.92 Å². The number of pyridine rings is 1. The van der Waals surface area contributed by atoms with E-state index in [4.69, 9.17) is 9.47 Å². The lowest BCUT2D eigenvalue weighted by molar-refractivity contribution is -0.140. The molecule has 3 aromatic rings. The van der Waals surface area contributed by atoms with Crippen molar-refractivity contribution >= 4 is 17.4 Å². The van der Waals surface area contributed by atoms with Crippen LogP contribution in [0.3, 0.4) is 0 Å². The van der Waals surface area contributed by atoms with Crippen LogP contribution in [0.25, 0.3) is 5.76 Å². The van der Waals surface area contributed by atoms with Gasteiger partial charge in [-0.25, -0.2) is 0 Å². The van der Waals surface area contributed by atoms with E-state index in [1.165, 1.54) is 4.90 Å². The predicted octanol–water partition coefficient (Wildman–Crippen LogP) is 5.45. The van der Waals surface area contributed by atoms with E-state index in [1.807, 2.05) is 43.3 Å². The van der Waals surface area contributed by atoms with E-state index >= 15 is 0 Å². The van der Waals surface area contributed by atoms with Gasteiger partial charge in [-0.2, -0.15) is 0 Å². The number of ketones is 1. The largest absolute Gasteiger partial charge is 0.507 e. The molecule has 0 bridgehead atoms. The molecular formula is C31H32N2O5. The first-order chi connectivity index (χ1) is 18.3. The second-order valence-electron chi connectivity index (χ2n) is 10.3. The maximum atomic E-state index is 13.4. The lowest BCUT2D eigenvalue weighted by atomic mass is 9.94. The van der Waals surface area contributed by atoms with Crippen LogP contribution in [0, 0.1) is 5.92 Å². The first-order valence-corrected chi connectivity index (χ1v) is 13.0. The van der Waals surface area contributed by atoms with Gasteiger partial charge in [0, 0.05) is 30.9 Å². The molecule has 0 unspecified atom stereocenters. The Morgan fingerprint density at radius 1 is 1.16 bits per heavy atom. The van der Waals surface area contributed by atoms with Gasteiger partial charge in [-0.15, -0.1) is 0 Å². The predicted molar refractivity (Wildman–Crippen MR) is 144 cm³/mol. The lowest BCUT2D eigenvalue weighted by Gasteiger charge is -2.25. The zero-order valence-corrected chi connectivity index (χ0v) is 21.9. The molecule has 1 amide bonds. The summed E-state index contributed by atoms with van der Waals surface area (Å²) >= 11 is 0.